The molecule has 0 amide bonds. The lowest BCUT2D eigenvalue weighted by molar-refractivity contribution is -0.0673. The number of rotatable bonds is 30. The zero-order valence-electron chi connectivity index (χ0n) is 39.2. The Labute approximate surface area is 355 Å². The Morgan fingerprint density at radius 1 is 0.754 bits per heavy atom. The van der Waals surface area contributed by atoms with E-state index in [-0.39, 0.29) is 6.10 Å². The lowest BCUT2D eigenvalue weighted by Gasteiger charge is -2.58. The zero-order chi connectivity index (χ0) is 40.9. The molecule has 0 radical (unpaired) electrons. The number of unbranched alkanes of at least 4 members (excludes halogenated alkanes) is 9. The minimum Gasteiger partial charge on any atom is -0.379 e. The number of hydrogen-bond donors (Lipinski definition) is 0. The molecule has 3 saturated carbocycles. The molecule has 4 aliphatic carbocycles. The van der Waals surface area contributed by atoms with E-state index in [1.807, 2.05) is 0 Å². The summed E-state index contributed by atoms with van der Waals surface area (Å²) in [5.41, 5.74) is 2.72. The Bertz CT molecular complexity index is 1160. The van der Waals surface area contributed by atoms with E-state index in [4.69, 9.17) is 14.2 Å². The van der Waals surface area contributed by atoms with Crippen LogP contribution in [-0.4, -0.2) is 64.2 Å². The standard InChI is InChI=1S/C53H95NO3/c1-9-10-11-12-13-14-15-16-17-18-19-20-21-22-23-24-37-55-42-47(41-54(7)8)57-39-26-38-56-46-33-35-52(5)45(40-46)29-30-48-50-32-31-49(44(4)28-25-27-43(2)3)53(50,6)36-34-51(48)52/h13-14,16-17,29,43-44,46-51H,9-12,15,18-28,30-42H2,1-8H3/b14-13-,17-16-/t44?,46-,47?,48?,49?,50?,51?,52-,53+/m0/s1. The number of allylic oxidation sites excluding steroid dienone is 5. The third-order valence-electron chi connectivity index (χ3n) is 15.6. The van der Waals surface area contributed by atoms with Crippen LogP contribution >= 0.6 is 0 Å². The summed E-state index contributed by atoms with van der Waals surface area (Å²) >= 11 is 0. The zero-order valence-corrected chi connectivity index (χ0v) is 39.2. The lowest BCUT2D eigenvalue weighted by Crippen LogP contribution is -2.51. The SMILES string of the molecule is CCCCC/C=C\C/C=C\CCCCCCCCOCC(CN(C)C)OCCCO[C@H]1CC[C@@]2(C)C(=CCC3C4CCC(C(C)CCCC(C)C)[C@@]4(C)CCC32)C1. The summed E-state index contributed by atoms with van der Waals surface area (Å²) in [7, 11) is 4.27. The van der Waals surface area contributed by atoms with Gasteiger partial charge in [-0.15, -0.1) is 0 Å². The van der Waals surface area contributed by atoms with E-state index in [1.165, 1.54) is 128 Å². The summed E-state index contributed by atoms with van der Waals surface area (Å²) in [5.74, 6) is 5.41. The third-order valence-corrected chi connectivity index (χ3v) is 15.6. The van der Waals surface area contributed by atoms with Crippen molar-refractivity contribution in [3.05, 3.63) is 36.0 Å². The van der Waals surface area contributed by atoms with Crippen LogP contribution in [0.1, 0.15) is 196 Å². The predicted octanol–water partition coefficient (Wildman–Crippen LogP) is 14.6. The molecule has 4 rings (SSSR count). The molecule has 330 valence electrons. The van der Waals surface area contributed by atoms with Gasteiger partial charge in [-0.3, -0.25) is 0 Å². The van der Waals surface area contributed by atoms with Gasteiger partial charge in [0.1, 0.15) is 0 Å². The van der Waals surface area contributed by atoms with Crippen LogP contribution in [0.15, 0.2) is 36.0 Å². The van der Waals surface area contributed by atoms with Crippen molar-refractivity contribution in [2.75, 3.05) is 47.1 Å². The highest BCUT2D eigenvalue weighted by atomic mass is 16.5. The Morgan fingerprint density at radius 3 is 2.23 bits per heavy atom. The first-order valence-electron chi connectivity index (χ1n) is 25.0. The average Bonchev–Trinajstić information content (AvgIpc) is 3.54. The highest BCUT2D eigenvalue weighted by Crippen LogP contribution is 2.67. The molecule has 6 unspecified atom stereocenters. The smallest absolute Gasteiger partial charge is 0.0934 e. The second-order valence-electron chi connectivity index (χ2n) is 20.8. The molecule has 57 heavy (non-hydrogen) atoms. The normalized spacial score (nSPS) is 29.9. The molecule has 0 heterocycles. The number of likely N-dealkylation sites (N-methyl/N-ethyl adjacent to an activating group) is 1. The number of nitrogens with zero attached hydrogens (tertiary/aromatic N) is 1. The third kappa shape index (κ3) is 15.8. The second kappa shape index (κ2) is 26.4. The van der Waals surface area contributed by atoms with Crippen LogP contribution in [0.25, 0.3) is 0 Å². The molecule has 0 aromatic heterocycles. The topological polar surface area (TPSA) is 30.9 Å². The van der Waals surface area contributed by atoms with Crippen molar-refractivity contribution in [1.82, 2.24) is 4.90 Å². The van der Waals surface area contributed by atoms with Crippen molar-refractivity contribution in [1.29, 1.82) is 0 Å². The van der Waals surface area contributed by atoms with Gasteiger partial charge in [-0.2, -0.15) is 0 Å². The maximum atomic E-state index is 6.58. The van der Waals surface area contributed by atoms with Crippen molar-refractivity contribution >= 4 is 0 Å². The van der Waals surface area contributed by atoms with Crippen molar-refractivity contribution in [3.8, 4) is 0 Å². The van der Waals surface area contributed by atoms with Gasteiger partial charge in [0.05, 0.1) is 18.8 Å². The van der Waals surface area contributed by atoms with E-state index in [0.717, 1.165) is 87.6 Å². The summed E-state index contributed by atoms with van der Waals surface area (Å²) in [5, 5.41) is 0. The first-order chi connectivity index (χ1) is 27.6. The van der Waals surface area contributed by atoms with Gasteiger partial charge in [-0.05, 0) is 157 Å². The quantitative estimate of drug-likeness (QED) is 0.0535. The largest absolute Gasteiger partial charge is 0.379 e. The van der Waals surface area contributed by atoms with Crippen molar-refractivity contribution in [2.24, 2.45) is 46.3 Å². The fourth-order valence-electron chi connectivity index (χ4n) is 12.3. The predicted molar refractivity (Wildman–Crippen MR) is 246 cm³/mol. The fraction of sp³-hybridized carbons (Fsp3) is 0.887. The van der Waals surface area contributed by atoms with E-state index in [2.05, 4.69) is 90.9 Å². The molecular formula is C53H95NO3. The highest BCUT2D eigenvalue weighted by Gasteiger charge is 2.59. The number of fused-ring (bicyclic) bond motifs is 5. The first-order valence-corrected chi connectivity index (χ1v) is 25.0. The van der Waals surface area contributed by atoms with E-state index in [0.29, 0.717) is 23.5 Å². The van der Waals surface area contributed by atoms with E-state index < -0.39 is 0 Å². The minimum absolute atomic E-state index is 0.126. The van der Waals surface area contributed by atoms with Crippen molar-refractivity contribution < 1.29 is 14.2 Å². The monoisotopic (exact) mass is 794 g/mol. The van der Waals surface area contributed by atoms with Gasteiger partial charge in [0.15, 0.2) is 0 Å². The molecule has 9 atom stereocenters. The molecule has 0 aromatic rings. The minimum atomic E-state index is 0.126. The summed E-state index contributed by atoms with van der Waals surface area (Å²) in [6, 6.07) is 0. The first kappa shape index (κ1) is 48.7. The van der Waals surface area contributed by atoms with Gasteiger partial charge >= 0.3 is 0 Å². The van der Waals surface area contributed by atoms with Gasteiger partial charge in [0.25, 0.3) is 0 Å². The van der Waals surface area contributed by atoms with Crippen LogP contribution in [0.4, 0.5) is 0 Å². The molecule has 0 N–H and O–H groups in total. The molecule has 4 heteroatoms. The highest BCUT2D eigenvalue weighted by molar-refractivity contribution is 5.25. The fourth-order valence-corrected chi connectivity index (χ4v) is 12.3. The average molecular weight is 794 g/mol. The van der Waals surface area contributed by atoms with E-state index >= 15 is 0 Å². The van der Waals surface area contributed by atoms with E-state index in [1.54, 1.807) is 5.57 Å². The van der Waals surface area contributed by atoms with Gasteiger partial charge in [0.2, 0.25) is 0 Å². The Kier molecular flexibility index (Phi) is 22.6. The lowest BCUT2D eigenvalue weighted by atomic mass is 9.47. The molecule has 0 bridgehead atoms. The van der Waals surface area contributed by atoms with Crippen LogP contribution < -0.4 is 0 Å². The molecule has 0 aliphatic heterocycles. The molecular weight excluding hydrogens is 699 g/mol. The van der Waals surface area contributed by atoms with Crippen LogP contribution in [0.3, 0.4) is 0 Å². The van der Waals surface area contributed by atoms with Gasteiger partial charge < -0.3 is 19.1 Å². The number of hydrogen-bond acceptors (Lipinski definition) is 4. The summed E-state index contributed by atoms with van der Waals surface area (Å²) in [6.45, 7) is 19.0. The van der Waals surface area contributed by atoms with Crippen molar-refractivity contribution in [3.63, 3.8) is 0 Å². The summed E-state index contributed by atoms with van der Waals surface area (Å²) in [6.07, 6.45) is 44.1. The molecule has 0 saturated heterocycles. The molecule has 4 nitrogen and oxygen atoms in total. The van der Waals surface area contributed by atoms with Gasteiger partial charge in [0, 0.05) is 26.4 Å². The molecule has 0 aromatic carbocycles. The summed E-state index contributed by atoms with van der Waals surface area (Å²) in [4.78, 5) is 2.22. The van der Waals surface area contributed by atoms with Gasteiger partial charge in [-0.1, -0.05) is 135 Å². The van der Waals surface area contributed by atoms with E-state index in [9.17, 15) is 0 Å². The van der Waals surface area contributed by atoms with Crippen LogP contribution in [-0.2, 0) is 14.2 Å². The molecule has 3 fully saturated rings. The molecule has 0 spiro atoms. The maximum absolute atomic E-state index is 6.58. The van der Waals surface area contributed by atoms with Crippen LogP contribution in [0, 0.1) is 46.3 Å². The Balaban J connectivity index is 1.05. The van der Waals surface area contributed by atoms with Crippen molar-refractivity contribution in [2.45, 2.75) is 208 Å². The molecule has 4 aliphatic rings. The van der Waals surface area contributed by atoms with Crippen LogP contribution in [0.5, 0.6) is 0 Å². The summed E-state index contributed by atoms with van der Waals surface area (Å²) < 4.78 is 19.1. The Hall–Kier alpha value is -0.940. The number of ether oxygens (including phenoxy) is 3. The second-order valence-corrected chi connectivity index (χ2v) is 20.8. The maximum Gasteiger partial charge on any atom is 0.0934 e. The Morgan fingerprint density at radius 2 is 1.49 bits per heavy atom. The van der Waals surface area contributed by atoms with Gasteiger partial charge in [-0.25, -0.2) is 0 Å². The van der Waals surface area contributed by atoms with Crippen LogP contribution in [0.2, 0.25) is 0 Å².